The molecule has 1 unspecified atom stereocenters. The number of rotatable bonds is 5. The molecule has 1 aromatic heterocycles. The molecule has 4 heteroatoms. The predicted molar refractivity (Wildman–Crippen MR) is 80.5 cm³/mol. The maximum atomic E-state index is 11.7. The molecule has 1 amide bonds. The van der Waals surface area contributed by atoms with Crippen molar-refractivity contribution < 1.29 is 9.21 Å². The number of benzene rings is 1. The summed E-state index contributed by atoms with van der Waals surface area (Å²) < 4.78 is 5.82. The molecule has 0 aliphatic rings. The average molecular weight is 274 g/mol. The van der Waals surface area contributed by atoms with Crippen molar-refractivity contribution in [1.82, 2.24) is 10.6 Å². The van der Waals surface area contributed by atoms with Gasteiger partial charge in [-0.2, -0.15) is 0 Å². The molecule has 1 heterocycles. The fourth-order valence-corrected chi connectivity index (χ4v) is 2.14. The number of amides is 1. The van der Waals surface area contributed by atoms with Gasteiger partial charge >= 0.3 is 0 Å². The standard InChI is InChI=1S/C16H22N2O2/c1-11(18-10-16(2,3)15(19)17-4)14-9-12-7-5-6-8-13(12)20-14/h5-9,11,18H,10H2,1-4H3,(H,17,19). The average Bonchev–Trinajstić information content (AvgIpc) is 2.87. The molecule has 20 heavy (non-hydrogen) atoms. The number of furan rings is 1. The summed E-state index contributed by atoms with van der Waals surface area (Å²) in [4.78, 5) is 11.7. The van der Waals surface area contributed by atoms with E-state index in [9.17, 15) is 4.79 Å². The molecule has 1 atom stereocenters. The van der Waals surface area contributed by atoms with E-state index < -0.39 is 5.41 Å². The first-order chi connectivity index (χ1) is 9.44. The molecule has 0 saturated carbocycles. The number of nitrogens with one attached hydrogen (secondary N) is 2. The number of carbonyl (C=O) groups excluding carboxylic acids is 1. The van der Waals surface area contributed by atoms with Crippen LogP contribution in [0.15, 0.2) is 34.7 Å². The second-order valence-electron chi connectivity index (χ2n) is 5.75. The fourth-order valence-electron chi connectivity index (χ4n) is 2.14. The van der Waals surface area contributed by atoms with Gasteiger partial charge in [0.1, 0.15) is 11.3 Å². The Hall–Kier alpha value is -1.81. The molecule has 2 rings (SSSR count). The predicted octanol–water partition coefficient (Wildman–Crippen LogP) is 2.86. The van der Waals surface area contributed by atoms with Gasteiger partial charge in [-0.05, 0) is 32.9 Å². The molecular weight excluding hydrogens is 252 g/mol. The van der Waals surface area contributed by atoms with Crippen LogP contribution in [0.1, 0.15) is 32.6 Å². The maximum Gasteiger partial charge on any atom is 0.226 e. The van der Waals surface area contributed by atoms with Crippen LogP contribution in [-0.2, 0) is 4.79 Å². The Balaban J connectivity index is 2.05. The lowest BCUT2D eigenvalue weighted by Gasteiger charge is -2.24. The second-order valence-corrected chi connectivity index (χ2v) is 5.75. The first kappa shape index (κ1) is 14.6. The van der Waals surface area contributed by atoms with Crippen LogP contribution in [0.2, 0.25) is 0 Å². The summed E-state index contributed by atoms with van der Waals surface area (Å²) >= 11 is 0. The van der Waals surface area contributed by atoms with E-state index in [1.165, 1.54) is 0 Å². The molecule has 1 aromatic carbocycles. The minimum Gasteiger partial charge on any atom is -0.459 e. The van der Waals surface area contributed by atoms with Crippen LogP contribution in [0, 0.1) is 5.41 Å². The Labute approximate surface area is 119 Å². The summed E-state index contributed by atoms with van der Waals surface area (Å²) in [5.74, 6) is 0.917. The zero-order valence-corrected chi connectivity index (χ0v) is 12.5. The number of hydrogen-bond acceptors (Lipinski definition) is 3. The molecule has 0 aliphatic heterocycles. The van der Waals surface area contributed by atoms with Crippen molar-refractivity contribution in [3.8, 4) is 0 Å². The minimum absolute atomic E-state index is 0.0295. The first-order valence-electron chi connectivity index (χ1n) is 6.88. The van der Waals surface area contributed by atoms with Crippen LogP contribution < -0.4 is 10.6 Å². The summed E-state index contributed by atoms with van der Waals surface area (Å²) in [6, 6.07) is 10.0. The van der Waals surface area contributed by atoms with Gasteiger partial charge in [0.2, 0.25) is 5.91 Å². The highest BCUT2D eigenvalue weighted by Gasteiger charge is 2.27. The summed E-state index contributed by atoms with van der Waals surface area (Å²) in [7, 11) is 1.66. The number of para-hydroxylation sites is 1. The second kappa shape index (κ2) is 5.67. The van der Waals surface area contributed by atoms with Crippen molar-refractivity contribution in [1.29, 1.82) is 0 Å². The molecule has 0 saturated heterocycles. The molecule has 2 N–H and O–H groups in total. The third-order valence-corrected chi connectivity index (χ3v) is 3.56. The normalized spacial score (nSPS) is 13.4. The number of fused-ring (bicyclic) bond motifs is 1. The molecule has 0 aliphatic carbocycles. The smallest absolute Gasteiger partial charge is 0.226 e. The van der Waals surface area contributed by atoms with Crippen LogP contribution in [0.5, 0.6) is 0 Å². The van der Waals surface area contributed by atoms with Crippen LogP contribution in [0.25, 0.3) is 11.0 Å². The van der Waals surface area contributed by atoms with Crippen molar-refractivity contribution in [3.63, 3.8) is 0 Å². The van der Waals surface area contributed by atoms with Gasteiger partial charge < -0.3 is 15.1 Å². The molecule has 2 aromatic rings. The van der Waals surface area contributed by atoms with E-state index in [0.717, 1.165) is 16.7 Å². The first-order valence-corrected chi connectivity index (χ1v) is 6.88. The molecule has 0 fully saturated rings. The lowest BCUT2D eigenvalue weighted by Crippen LogP contribution is -2.42. The Kier molecular flexibility index (Phi) is 4.14. The summed E-state index contributed by atoms with van der Waals surface area (Å²) in [6.07, 6.45) is 0. The van der Waals surface area contributed by atoms with Crippen LogP contribution in [-0.4, -0.2) is 19.5 Å². The highest BCUT2D eigenvalue weighted by Crippen LogP contribution is 2.24. The topological polar surface area (TPSA) is 54.3 Å². The van der Waals surface area contributed by atoms with E-state index in [0.29, 0.717) is 6.54 Å². The van der Waals surface area contributed by atoms with Crippen molar-refractivity contribution >= 4 is 16.9 Å². The van der Waals surface area contributed by atoms with Gasteiger partial charge in [0.15, 0.2) is 0 Å². The minimum atomic E-state index is -0.449. The zero-order valence-electron chi connectivity index (χ0n) is 12.5. The Morgan fingerprint density at radius 3 is 2.70 bits per heavy atom. The summed E-state index contributed by atoms with van der Waals surface area (Å²) in [5, 5.41) is 7.15. The highest BCUT2D eigenvalue weighted by atomic mass is 16.3. The summed E-state index contributed by atoms with van der Waals surface area (Å²) in [6.45, 7) is 6.47. The van der Waals surface area contributed by atoms with Gasteiger partial charge in [-0.25, -0.2) is 0 Å². The maximum absolute atomic E-state index is 11.7. The highest BCUT2D eigenvalue weighted by molar-refractivity contribution is 5.81. The Morgan fingerprint density at radius 1 is 1.35 bits per heavy atom. The molecule has 108 valence electrons. The lowest BCUT2D eigenvalue weighted by atomic mass is 9.92. The summed E-state index contributed by atoms with van der Waals surface area (Å²) in [5.41, 5.74) is 0.441. The monoisotopic (exact) mass is 274 g/mol. The van der Waals surface area contributed by atoms with E-state index in [2.05, 4.69) is 10.6 Å². The Morgan fingerprint density at radius 2 is 2.05 bits per heavy atom. The molecule has 4 nitrogen and oxygen atoms in total. The van der Waals surface area contributed by atoms with Crippen LogP contribution >= 0.6 is 0 Å². The van der Waals surface area contributed by atoms with Crippen LogP contribution in [0.3, 0.4) is 0 Å². The van der Waals surface area contributed by atoms with Crippen molar-refractivity contribution in [2.24, 2.45) is 5.41 Å². The van der Waals surface area contributed by atoms with Gasteiger partial charge in [-0.15, -0.1) is 0 Å². The number of carbonyl (C=O) groups is 1. The number of hydrogen-bond donors (Lipinski definition) is 2. The van der Waals surface area contributed by atoms with E-state index in [1.54, 1.807) is 7.05 Å². The van der Waals surface area contributed by atoms with Gasteiger partial charge in [0, 0.05) is 19.0 Å². The largest absolute Gasteiger partial charge is 0.459 e. The molecule has 0 radical (unpaired) electrons. The molecule has 0 spiro atoms. The van der Waals surface area contributed by atoms with E-state index >= 15 is 0 Å². The van der Waals surface area contributed by atoms with Crippen molar-refractivity contribution in [2.45, 2.75) is 26.8 Å². The van der Waals surface area contributed by atoms with Gasteiger partial charge in [0.25, 0.3) is 0 Å². The van der Waals surface area contributed by atoms with Gasteiger partial charge in [-0.1, -0.05) is 18.2 Å². The molecular formula is C16H22N2O2. The van der Waals surface area contributed by atoms with E-state index in [-0.39, 0.29) is 11.9 Å². The van der Waals surface area contributed by atoms with E-state index in [4.69, 9.17) is 4.42 Å². The SMILES string of the molecule is CNC(=O)C(C)(C)CNC(C)c1cc2ccccc2o1. The van der Waals surface area contributed by atoms with Gasteiger partial charge in [-0.3, -0.25) is 4.79 Å². The van der Waals surface area contributed by atoms with E-state index in [1.807, 2.05) is 51.1 Å². The van der Waals surface area contributed by atoms with Gasteiger partial charge in [0.05, 0.1) is 11.5 Å². The zero-order chi connectivity index (χ0) is 14.8. The third-order valence-electron chi connectivity index (χ3n) is 3.56. The quantitative estimate of drug-likeness (QED) is 0.881. The third kappa shape index (κ3) is 3.02. The van der Waals surface area contributed by atoms with Crippen LogP contribution in [0.4, 0.5) is 0 Å². The molecule has 0 bridgehead atoms. The van der Waals surface area contributed by atoms with Crippen molar-refractivity contribution in [2.75, 3.05) is 13.6 Å². The fraction of sp³-hybridized carbons (Fsp3) is 0.438. The lowest BCUT2D eigenvalue weighted by molar-refractivity contribution is -0.128. The Bertz CT molecular complexity index is 568. The van der Waals surface area contributed by atoms with Crippen molar-refractivity contribution in [3.05, 3.63) is 36.1 Å².